The van der Waals surface area contributed by atoms with Crippen molar-refractivity contribution in [3.8, 4) is 0 Å². The number of halogens is 2. The Morgan fingerprint density at radius 3 is 2.81 bits per heavy atom. The molecule has 1 unspecified atom stereocenters. The molecule has 0 radical (unpaired) electrons. The van der Waals surface area contributed by atoms with Crippen LogP contribution in [-0.2, 0) is 6.54 Å². The van der Waals surface area contributed by atoms with Gasteiger partial charge < -0.3 is 5.73 Å². The van der Waals surface area contributed by atoms with Crippen molar-refractivity contribution >= 4 is 0 Å². The van der Waals surface area contributed by atoms with Crippen molar-refractivity contribution in [1.29, 1.82) is 0 Å². The number of rotatable bonds is 2. The number of benzene rings is 1. The van der Waals surface area contributed by atoms with Gasteiger partial charge in [0, 0.05) is 18.9 Å². The van der Waals surface area contributed by atoms with Crippen LogP contribution in [0.25, 0.3) is 0 Å². The van der Waals surface area contributed by atoms with Crippen LogP contribution in [0.2, 0.25) is 0 Å². The van der Waals surface area contributed by atoms with Gasteiger partial charge in [-0.15, -0.1) is 0 Å². The fraction of sp³-hybridized carbons (Fsp3) is 0.538. The Kier molecular flexibility index (Phi) is 3.24. The Morgan fingerprint density at radius 1 is 1.31 bits per heavy atom. The molecule has 0 aliphatic heterocycles. The third kappa shape index (κ3) is 2.24. The summed E-state index contributed by atoms with van der Waals surface area (Å²) in [6.07, 6.45) is 2.14. The highest BCUT2D eigenvalue weighted by Crippen LogP contribution is 2.44. The largest absolute Gasteiger partial charge is 0.326 e. The summed E-state index contributed by atoms with van der Waals surface area (Å²) < 4.78 is 27.5. The van der Waals surface area contributed by atoms with Gasteiger partial charge in [-0.05, 0) is 24.0 Å². The molecule has 0 bridgehead atoms. The molecule has 1 nitrogen and oxygen atoms in total. The molecule has 0 saturated heterocycles. The van der Waals surface area contributed by atoms with Crippen molar-refractivity contribution in [2.75, 3.05) is 0 Å². The molecule has 0 aromatic heterocycles. The molecule has 1 atom stereocenters. The van der Waals surface area contributed by atoms with Crippen LogP contribution in [0.5, 0.6) is 0 Å². The summed E-state index contributed by atoms with van der Waals surface area (Å²) in [6, 6.07) is 7.32. The summed E-state index contributed by atoms with van der Waals surface area (Å²) in [5.74, 6) is -3.17. The Labute approximate surface area is 94.7 Å². The third-order valence-corrected chi connectivity index (χ3v) is 3.35. The first-order chi connectivity index (χ1) is 7.63. The summed E-state index contributed by atoms with van der Waals surface area (Å²) in [5, 5.41) is 0. The maximum atomic E-state index is 13.8. The van der Waals surface area contributed by atoms with Crippen LogP contribution in [0.1, 0.15) is 42.7 Å². The van der Waals surface area contributed by atoms with Gasteiger partial charge in [0.15, 0.2) is 0 Å². The number of alkyl halides is 2. The lowest BCUT2D eigenvalue weighted by atomic mass is 9.80. The first-order valence-corrected chi connectivity index (χ1v) is 5.80. The number of hydrogen-bond donors (Lipinski definition) is 1. The normalized spacial score (nSPS) is 24.3. The predicted octanol–water partition coefficient (Wildman–Crippen LogP) is 3.44. The van der Waals surface area contributed by atoms with E-state index in [1.807, 2.05) is 18.2 Å². The van der Waals surface area contributed by atoms with Gasteiger partial charge in [-0.1, -0.05) is 30.7 Å². The van der Waals surface area contributed by atoms with Crippen LogP contribution in [0.4, 0.5) is 8.78 Å². The first kappa shape index (κ1) is 11.5. The third-order valence-electron chi connectivity index (χ3n) is 3.35. The Bertz CT molecular complexity index is 363. The molecular weight excluding hydrogens is 208 g/mol. The van der Waals surface area contributed by atoms with Crippen LogP contribution < -0.4 is 5.73 Å². The second kappa shape index (κ2) is 4.50. The van der Waals surface area contributed by atoms with Crippen molar-refractivity contribution in [3.63, 3.8) is 0 Å². The van der Waals surface area contributed by atoms with Gasteiger partial charge in [-0.2, -0.15) is 0 Å². The summed E-state index contributed by atoms with van der Waals surface area (Å²) in [6.45, 7) is 0.409. The Morgan fingerprint density at radius 2 is 2.12 bits per heavy atom. The highest BCUT2D eigenvalue weighted by Gasteiger charge is 2.42. The monoisotopic (exact) mass is 225 g/mol. The van der Waals surface area contributed by atoms with Crippen LogP contribution in [0.3, 0.4) is 0 Å². The van der Waals surface area contributed by atoms with E-state index in [-0.39, 0.29) is 6.42 Å². The minimum Gasteiger partial charge on any atom is -0.326 e. The lowest BCUT2D eigenvalue weighted by molar-refractivity contribution is -0.0547. The summed E-state index contributed by atoms with van der Waals surface area (Å²) in [5.41, 5.74) is 7.20. The molecule has 0 spiro atoms. The molecule has 1 aromatic rings. The van der Waals surface area contributed by atoms with Crippen LogP contribution in [0.15, 0.2) is 24.3 Å². The fourth-order valence-electron chi connectivity index (χ4n) is 2.44. The molecule has 3 heteroatoms. The quantitative estimate of drug-likeness (QED) is 0.819. The number of hydrogen-bond acceptors (Lipinski definition) is 1. The van der Waals surface area contributed by atoms with Crippen LogP contribution in [0, 0.1) is 0 Å². The molecule has 1 saturated carbocycles. The van der Waals surface area contributed by atoms with Crippen molar-refractivity contribution < 1.29 is 8.78 Å². The zero-order valence-corrected chi connectivity index (χ0v) is 9.26. The van der Waals surface area contributed by atoms with Gasteiger partial charge in [0.05, 0.1) is 0 Å². The minimum absolute atomic E-state index is 0.0184. The van der Waals surface area contributed by atoms with Crippen molar-refractivity contribution in [2.45, 2.75) is 44.1 Å². The smallest absolute Gasteiger partial charge is 0.254 e. The van der Waals surface area contributed by atoms with Gasteiger partial charge in [0.25, 0.3) is 5.92 Å². The SMILES string of the molecule is NCc1cccc(C2CCCCC2(F)F)c1. The summed E-state index contributed by atoms with van der Waals surface area (Å²) in [4.78, 5) is 0. The average Bonchev–Trinajstić information content (AvgIpc) is 2.28. The summed E-state index contributed by atoms with van der Waals surface area (Å²) in [7, 11) is 0. The highest BCUT2D eigenvalue weighted by atomic mass is 19.3. The summed E-state index contributed by atoms with van der Waals surface area (Å²) >= 11 is 0. The fourth-order valence-corrected chi connectivity index (χ4v) is 2.44. The molecule has 1 aromatic carbocycles. The molecule has 1 aliphatic rings. The van der Waals surface area contributed by atoms with Crippen molar-refractivity contribution in [2.24, 2.45) is 5.73 Å². The topological polar surface area (TPSA) is 26.0 Å². The van der Waals surface area contributed by atoms with E-state index in [9.17, 15) is 8.78 Å². The molecule has 2 rings (SSSR count). The van der Waals surface area contributed by atoms with E-state index in [2.05, 4.69) is 0 Å². The molecule has 1 fully saturated rings. The van der Waals surface area contributed by atoms with Gasteiger partial charge in [-0.25, -0.2) is 8.78 Å². The van der Waals surface area contributed by atoms with Gasteiger partial charge in [-0.3, -0.25) is 0 Å². The molecule has 1 aliphatic carbocycles. The second-order valence-electron chi connectivity index (χ2n) is 4.51. The maximum absolute atomic E-state index is 13.8. The van der Waals surface area contributed by atoms with E-state index in [0.29, 0.717) is 19.4 Å². The number of nitrogens with two attached hydrogens (primary N) is 1. The molecular formula is C13H17F2N. The lowest BCUT2D eigenvalue weighted by Gasteiger charge is -2.31. The van der Waals surface area contributed by atoms with E-state index in [1.54, 1.807) is 6.07 Å². The van der Waals surface area contributed by atoms with E-state index < -0.39 is 11.8 Å². The lowest BCUT2D eigenvalue weighted by Crippen LogP contribution is -2.29. The maximum Gasteiger partial charge on any atom is 0.254 e. The molecule has 88 valence electrons. The predicted molar refractivity (Wildman–Crippen MR) is 60.5 cm³/mol. The average molecular weight is 225 g/mol. The van der Waals surface area contributed by atoms with Crippen LogP contribution >= 0.6 is 0 Å². The Balaban J connectivity index is 2.27. The zero-order valence-electron chi connectivity index (χ0n) is 9.26. The van der Waals surface area contributed by atoms with Crippen molar-refractivity contribution in [1.82, 2.24) is 0 Å². The molecule has 2 N–H and O–H groups in total. The van der Waals surface area contributed by atoms with E-state index in [0.717, 1.165) is 17.5 Å². The standard InChI is InChI=1S/C13H17F2N/c14-13(15)7-2-1-6-12(13)11-5-3-4-10(8-11)9-16/h3-5,8,12H,1-2,6-7,9,16H2. The van der Waals surface area contributed by atoms with E-state index in [1.165, 1.54) is 0 Å². The van der Waals surface area contributed by atoms with Gasteiger partial charge >= 0.3 is 0 Å². The first-order valence-electron chi connectivity index (χ1n) is 5.80. The van der Waals surface area contributed by atoms with Gasteiger partial charge in [0.2, 0.25) is 0 Å². The Hall–Kier alpha value is -0.960. The molecule has 0 amide bonds. The second-order valence-corrected chi connectivity index (χ2v) is 4.51. The van der Waals surface area contributed by atoms with E-state index in [4.69, 9.17) is 5.73 Å². The zero-order chi connectivity index (χ0) is 11.6. The van der Waals surface area contributed by atoms with Crippen LogP contribution in [-0.4, -0.2) is 5.92 Å². The molecule has 16 heavy (non-hydrogen) atoms. The highest BCUT2D eigenvalue weighted by molar-refractivity contribution is 5.28. The van der Waals surface area contributed by atoms with Gasteiger partial charge in [0.1, 0.15) is 0 Å². The van der Waals surface area contributed by atoms with E-state index >= 15 is 0 Å². The van der Waals surface area contributed by atoms with Crippen molar-refractivity contribution in [3.05, 3.63) is 35.4 Å². The minimum atomic E-state index is -2.55. The molecule has 0 heterocycles.